The van der Waals surface area contributed by atoms with Crippen molar-refractivity contribution < 1.29 is 22.8 Å². The third-order valence-corrected chi connectivity index (χ3v) is 8.54. The number of aromatic nitrogens is 2. The summed E-state index contributed by atoms with van der Waals surface area (Å²) in [4.78, 5) is 37.6. The van der Waals surface area contributed by atoms with E-state index in [0.29, 0.717) is 49.3 Å². The highest BCUT2D eigenvalue weighted by atomic mass is 32.1. The Morgan fingerprint density at radius 1 is 1.16 bits per heavy atom. The molecule has 1 atom stereocenters. The quantitative estimate of drug-likeness (QED) is 0.153. The molecule has 226 valence electrons. The van der Waals surface area contributed by atoms with E-state index in [2.05, 4.69) is 15.1 Å². The van der Waals surface area contributed by atoms with E-state index < -0.39 is 17.7 Å². The lowest BCUT2D eigenvalue weighted by atomic mass is 9.86. The molecule has 44 heavy (non-hydrogen) atoms. The number of nitriles is 1. The van der Waals surface area contributed by atoms with Crippen molar-refractivity contribution in [2.45, 2.75) is 50.1 Å². The lowest BCUT2D eigenvalue weighted by Crippen LogP contribution is -2.38. The van der Waals surface area contributed by atoms with Gasteiger partial charge in [0.1, 0.15) is 5.69 Å². The predicted molar refractivity (Wildman–Crippen MR) is 161 cm³/mol. The van der Waals surface area contributed by atoms with Gasteiger partial charge < -0.3 is 4.90 Å². The van der Waals surface area contributed by atoms with Gasteiger partial charge in [-0.3, -0.25) is 9.59 Å². The van der Waals surface area contributed by atoms with Gasteiger partial charge in [0, 0.05) is 54.7 Å². The van der Waals surface area contributed by atoms with Crippen LogP contribution in [0.1, 0.15) is 75.4 Å². The summed E-state index contributed by atoms with van der Waals surface area (Å²) < 4.78 is 39.2. The molecule has 3 heterocycles. The molecule has 12 heteroatoms. The van der Waals surface area contributed by atoms with Crippen LogP contribution in [0.2, 0.25) is 0 Å². The highest BCUT2D eigenvalue weighted by molar-refractivity contribution is 7.10. The Morgan fingerprint density at radius 2 is 1.93 bits per heavy atom. The normalized spacial score (nSPS) is 17.4. The summed E-state index contributed by atoms with van der Waals surface area (Å²) in [5.41, 5.74) is 0.781. The van der Waals surface area contributed by atoms with Crippen LogP contribution in [0.15, 0.2) is 82.9 Å². The first kappa shape index (κ1) is 30.8. The van der Waals surface area contributed by atoms with Crippen LogP contribution in [0.4, 0.5) is 19.0 Å². The second kappa shape index (κ2) is 13.8. The average Bonchev–Trinajstić information content (AvgIpc) is 3.55. The molecule has 0 radical (unpaired) electrons. The Kier molecular flexibility index (Phi) is 9.65. The van der Waals surface area contributed by atoms with Gasteiger partial charge in [-0.25, -0.2) is 9.97 Å². The summed E-state index contributed by atoms with van der Waals surface area (Å²) in [6, 6.07) is 14.3. The SMILES string of the molecule is N#CCC/C=N/N(C(=O)c1csc(C2CCN(C(=O)c3ccccc3C3C=CC(C(F)(F)F)=CC3)CC2)n1)c1ccccn1. The topological polar surface area (TPSA) is 103 Å². The van der Waals surface area contributed by atoms with Crippen molar-refractivity contribution in [1.29, 1.82) is 5.26 Å². The first-order chi connectivity index (χ1) is 21.3. The maximum atomic E-state index is 13.6. The number of carbonyl (C=O) groups is 2. The molecular formula is C32H29F3N6O2S. The van der Waals surface area contributed by atoms with Gasteiger partial charge >= 0.3 is 6.18 Å². The van der Waals surface area contributed by atoms with Gasteiger partial charge in [-0.05, 0) is 49.4 Å². The molecule has 1 aliphatic carbocycles. The predicted octanol–water partition coefficient (Wildman–Crippen LogP) is 7.03. The number of anilines is 1. The first-order valence-corrected chi connectivity index (χ1v) is 15.1. The molecular weight excluding hydrogens is 589 g/mol. The molecule has 0 N–H and O–H groups in total. The van der Waals surface area contributed by atoms with Crippen molar-refractivity contribution in [2.75, 3.05) is 18.1 Å². The Bertz CT molecular complexity index is 1620. The van der Waals surface area contributed by atoms with Gasteiger partial charge in [0.2, 0.25) is 0 Å². The largest absolute Gasteiger partial charge is 0.416 e. The van der Waals surface area contributed by atoms with E-state index >= 15 is 0 Å². The van der Waals surface area contributed by atoms with Crippen LogP contribution in [0.5, 0.6) is 0 Å². The molecule has 1 aliphatic heterocycles. The summed E-state index contributed by atoms with van der Waals surface area (Å²) >= 11 is 1.39. The van der Waals surface area contributed by atoms with Gasteiger partial charge in [-0.2, -0.15) is 28.5 Å². The Balaban J connectivity index is 1.23. The molecule has 2 aliphatic rings. The van der Waals surface area contributed by atoms with Gasteiger partial charge in [0.25, 0.3) is 11.8 Å². The van der Waals surface area contributed by atoms with Gasteiger partial charge in [0.05, 0.1) is 16.6 Å². The number of rotatable bonds is 8. The lowest BCUT2D eigenvalue weighted by molar-refractivity contribution is -0.0886. The highest BCUT2D eigenvalue weighted by Gasteiger charge is 2.34. The van der Waals surface area contributed by atoms with Crippen LogP contribution in [0.3, 0.4) is 0 Å². The molecule has 8 nitrogen and oxygen atoms in total. The summed E-state index contributed by atoms with van der Waals surface area (Å²) in [6.07, 6.45) is 4.63. The standard InChI is InChI=1S/C32H29F3N6O2S/c33-32(34,35)24-12-10-22(11-13-24)25-7-1-2-8-26(25)30(42)40-19-14-23(15-20-40)29-39-27(21-44-29)31(43)41(38-18-6-4-16-36)28-9-3-5-17-37-28/h1-3,5,7-10,12-13,17-18,21-23H,4,6,11,14-15,19-20H2/b38-18+. The van der Waals surface area contributed by atoms with Crippen molar-refractivity contribution in [3.63, 3.8) is 0 Å². The number of carbonyl (C=O) groups excluding carboxylic acids is 2. The van der Waals surface area contributed by atoms with Crippen LogP contribution >= 0.6 is 11.3 Å². The summed E-state index contributed by atoms with van der Waals surface area (Å²) in [5.74, 6) is -0.485. The number of amides is 2. The number of likely N-dealkylation sites (tertiary alicyclic amines) is 1. The Morgan fingerprint density at radius 3 is 2.61 bits per heavy atom. The van der Waals surface area contributed by atoms with E-state index in [-0.39, 0.29) is 36.3 Å². The summed E-state index contributed by atoms with van der Waals surface area (Å²) in [6.45, 7) is 0.977. The van der Waals surface area contributed by atoms with Crippen LogP contribution in [-0.4, -0.2) is 52.2 Å². The number of allylic oxidation sites excluding steroid dienone is 4. The first-order valence-electron chi connectivity index (χ1n) is 14.2. The smallest absolute Gasteiger partial charge is 0.339 e. The van der Waals surface area contributed by atoms with E-state index in [1.165, 1.54) is 34.7 Å². The van der Waals surface area contributed by atoms with E-state index in [1.807, 2.05) is 6.07 Å². The van der Waals surface area contributed by atoms with E-state index in [0.717, 1.165) is 11.1 Å². The van der Waals surface area contributed by atoms with Crippen LogP contribution < -0.4 is 5.01 Å². The van der Waals surface area contributed by atoms with Gasteiger partial charge in [-0.1, -0.05) is 42.5 Å². The number of nitrogens with zero attached hydrogens (tertiary/aromatic N) is 6. The molecule has 1 saturated heterocycles. The second-order valence-corrected chi connectivity index (χ2v) is 11.3. The zero-order valence-electron chi connectivity index (χ0n) is 23.7. The number of alkyl halides is 3. The Hall–Kier alpha value is -4.63. The zero-order chi connectivity index (χ0) is 31.1. The minimum Gasteiger partial charge on any atom is -0.339 e. The Labute approximate surface area is 256 Å². The number of piperidine rings is 1. The fourth-order valence-electron chi connectivity index (χ4n) is 5.22. The number of hydrogen-bond acceptors (Lipinski definition) is 7. The van der Waals surface area contributed by atoms with E-state index in [4.69, 9.17) is 5.26 Å². The monoisotopic (exact) mass is 618 g/mol. The molecule has 1 aromatic carbocycles. The number of hydrogen-bond donors (Lipinski definition) is 0. The number of hydrazone groups is 1. The number of benzene rings is 1. The van der Waals surface area contributed by atoms with E-state index in [9.17, 15) is 22.8 Å². The summed E-state index contributed by atoms with van der Waals surface area (Å²) in [7, 11) is 0. The minimum atomic E-state index is -4.39. The second-order valence-electron chi connectivity index (χ2n) is 10.4. The molecule has 1 unspecified atom stereocenters. The molecule has 0 saturated carbocycles. The maximum absolute atomic E-state index is 13.6. The van der Waals surface area contributed by atoms with Crippen molar-refractivity contribution in [3.05, 3.63) is 99.7 Å². The highest BCUT2D eigenvalue weighted by Crippen LogP contribution is 2.36. The van der Waals surface area contributed by atoms with Gasteiger partial charge in [0.15, 0.2) is 5.82 Å². The fourth-order valence-corrected chi connectivity index (χ4v) is 6.19. The molecule has 0 spiro atoms. The van der Waals surface area contributed by atoms with Crippen molar-refractivity contribution in [3.8, 4) is 6.07 Å². The number of thiazole rings is 1. The molecule has 5 rings (SSSR count). The number of pyridine rings is 1. The minimum absolute atomic E-state index is 0.0653. The third-order valence-electron chi connectivity index (χ3n) is 7.53. The third kappa shape index (κ3) is 7.11. The molecule has 2 aromatic heterocycles. The van der Waals surface area contributed by atoms with Crippen molar-refractivity contribution >= 4 is 35.2 Å². The molecule has 2 amide bonds. The van der Waals surface area contributed by atoms with Crippen LogP contribution in [-0.2, 0) is 0 Å². The van der Waals surface area contributed by atoms with Crippen LogP contribution in [0, 0.1) is 11.3 Å². The maximum Gasteiger partial charge on any atom is 0.416 e. The number of unbranched alkanes of at least 4 members (excludes halogenated alkanes) is 1. The number of halogens is 3. The van der Waals surface area contributed by atoms with Crippen LogP contribution in [0.25, 0.3) is 0 Å². The van der Waals surface area contributed by atoms with E-state index in [1.54, 1.807) is 58.9 Å². The zero-order valence-corrected chi connectivity index (χ0v) is 24.5. The lowest BCUT2D eigenvalue weighted by Gasteiger charge is -2.32. The van der Waals surface area contributed by atoms with Gasteiger partial charge in [-0.15, -0.1) is 11.3 Å². The van der Waals surface area contributed by atoms with Crippen molar-refractivity contribution in [1.82, 2.24) is 14.9 Å². The average molecular weight is 619 g/mol. The fraction of sp³-hybridized carbons (Fsp3) is 0.312. The molecule has 0 bridgehead atoms. The molecule has 1 fully saturated rings. The molecule has 3 aromatic rings. The van der Waals surface area contributed by atoms with Crippen molar-refractivity contribution in [2.24, 2.45) is 5.10 Å². The summed E-state index contributed by atoms with van der Waals surface area (Å²) in [5, 5.41) is 16.7.